The molecule has 10 nitrogen and oxygen atoms in total. The van der Waals surface area contributed by atoms with Crippen molar-refractivity contribution in [1.82, 2.24) is 49.8 Å². The summed E-state index contributed by atoms with van der Waals surface area (Å²) in [5, 5.41) is 3.80. The summed E-state index contributed by atoms with van der Waals surface area (Å²) in [6.45, 7) is 21.2. The van der Waals surface area contributed by atoms with Crippen molar-refractivity contribution in [2.45, 2.75) is 69.2 Å². The number of hydrogen-bond acceptors (Lipinski definition) is 8. The van der Waals surface area contributed by atoms with Crippen molar-refractivity contribution in [3.63, 3.8) is 0 Å². The first-order valence-electron chi connectivity index (χ1n) is 20.4. The molecule has 60 heavy (non-hydrogen) atoms. The third-order valence-corrected chi connectivity index (χ3v) is 12.8. The number of benzene rings is 5. The van der Waals surface area contributed by atoms with Crippen LogP contribution in [-0.2, 0) is 0 Å². The minimum Gasteiger partial charge on any atom is -0.324 e. The summed E-state index contributed by atoms with van der Waals surface area (Å²) in [4.78, 5) is 49.2. The van der Waals surface area contributed by atoms with Crippen LogP contribution >= 0.6 is 0 Å². The Hall–Kier alpha value is -7.20. The number of nitrogens with one attached hydrogen (secondary N) is 2. The summed E-state index contributed by atoms with van der Waals surface area (Å²) in [5.41, 5.74) is 19.7. The van der Waals surface area contributed by atoms with Crippen LogP contribution < -0.4 is 0 Å². The molecule has 3 aromatic heterocycles. The van der Waals surface area contributed by atoms with Crippen LogP contribution in [0.1, 0.15) is 55.6 Å². The van der Waals surface area contributed by atoms with Crippen LogP contribution in [-0.4, -0.2) is 49.8 Å². The molecule has 8 aromatic rings. The molecule has 10 bridgehead atoms. The molecule has 0 amide bonds. The summed E-state index contributed by atoms with van der Waals surface area (Å²) in [5.74, 6) is 3.42. The minimum atomic E-state index is 0.557. The summed E-state index contributed by atoms with van der Waals surface area (Å²) in [6, 6.07) is 21.7. The lowest BCUT2D eigenvalue weighted by Gasteiger charge is -2.05. The average Bonchev–Trinajstić information content (AvgIpc) is 3.97. The van der Waals surface area contributed by atoms with Gasteiger partial charge in [0.1, 0.15) is 22.6 Å². The highest BCUT2D eigenvalue weighted by atomic mass is 15.1. The van der Waals surface area contributed by atoms with Crippen molar-refractivity contribution in [3.8, 4) is 68.3 Å². The normalized spacial score (nSPS) is 12.2. The number of rotatable bonds is 0. The van der Waals surface area contributed by atoms with Crippen molar-refractivity contribution < 1.29 is 0 Å². The highest BCUT2D eigenvalue weighted by molar-refractivity contribution is 6.07. The fourth-order valence-corrected chi connectivity index (χ4v) is 8.52. The zero-order valence-corrected chi connectivity index (χ0v) is 35.4. The van der Waals surface area contributed by atoms with E-state index in [2.05, 4.69) is 140 Å². The van der Waals surface area contributed by atoms with Crippen molar-refractivity contribution in [2.75, 3.05) is 0 Å². The fourth-order valence-electron chi connectivity index (χ4n) is 8.52. The van der Waals surface area contributed by atoms with Gasteiger partial charge in [-0.1, -0.05) is 0 Å². The Bertz CT molecular complexity index is 3320. The van der Waals surface area contributed by atoms with Crippen LogP contribution in [0.2, 0.25) is 0 Å². The lowest BCUT2D eigenvalue weighted by atomic mass is 10.00. The number of aryl methyl sites for hydroxylation is 10. The highest BCUT2D eigenvalue weighted by Crippen LogP contribution is 2.41. The molecule has 0 fully saturated rings. The second kappa shape index (κ2) is 12.6. The van der Waals surface area contributed by atoms with E-state index in [0.717, 1.165) is 111 Å². The molecule has 0 atom stereocenters. The van der Waals surface area contributed by atoms with Gasteiger partial charge in [0, 0.05) is 54.9 Å². The van der Waals surface area contributed by atoms with Crippen LogP contribution in [0.3, 0.4) is 0 Å². The lowest BCUT2D eigenvalue weighted by Crippen LogP contribution is -1.89. The Morgan fingerprint density at radius 2 is 0.400 bits per heavy atom. The van der Waals surface area contributed by atoms with Crippen molar-refractivity contribution in [1.29, 1.82) is 0 Å². The Balaban J connectivity index is 1.36. The summed E-state index contributed by atoms with van der Waals surface area (Å²) < 4.78 is 0. The number of hydrogen-bond donors (Lipinski definition) is 2. The monoisotopic (exact) mass is 782 g/mol. The van der Waals surface area contributed by atoms with Crippen LogP contribution in [0.4, 0.5) is 0 Å². The van der Waals surface area contributed by atoms with Gasteiger partial charge in [-0.3, -0.25) is 0 Å². The van der Waals surface area contributed by atoms with Gasteiger partial charge in [0.2, 0.25) is 0 Å². The van der Waals surface area contributed by atoms with Gasteiger partial charge in [0.05, 0.1) is 0 Å². The smallest absolute Gasteiger partial charge is 0.164 e. The molecule has 292 valence electrons. The van der Waals surface area contributed by atoms with Crippen molar-refractivity contribution in [2.24, 2.45) is 0 Å². The van der Waals surface area contributed by atoms with E-state index in [1.807, 2.05) is 0 Å². The van der Waals surface area contributed by atoms with E-state index in [0.29, 0.717) is 57.5 Å². The molecule has 0 saturated heterocycles. The first-order valence-corrected chi connectivity index (χ1v) is 20.4. The molecule has 11 rings (SSSR count). The highest BCUT2D eigenvalue weighted by Gasteiger charge is 2.26. The second-order valence-corrected chi connectivity index (χ2v) is 16.9. The topological polar surface area (TPSA) is 135 Å². The third-order valence-electron chi connectivity index (χ3n) is 12.8. The van der Waals surface area contributed by atoms with Gasteiger partial charge in [-0.25, -0.2) is 39.9 Å². The van der Waals surface area contributed by atoms with Gasteiger partial charge >= 0.3 is 0 Å². The summed E-state index contributed by atoms with van der Waals surface area (Å²) in [7, 11) is 0. The fraction of sp³-hybridized carbons (Fsp3) is 0.200. The first-order chi connectivity index (χ1) is 28.8. The molecular formula is C50H42N10. The SMILES string of the molecule is Cc1cc2c(cc1C)-c1nc-2nc2nc(nc3[nH]c(nc4nc(nc5[nH]c(n1)c1cc(C)c(C)cc51)-c1cc(C)c(C)cc1-4)c1cc(C)c(C)cc31)-c1cc(C)c(C)cc1-2. The Morgan fingerprint density at radius 1 is 0.233 bits per heavy atom. The Kier molecular flexibility index (Phi) is 7.57. The Labute approximate surface area is 346 Å². The Morgan fingerprint density at radius 3 is 0.600 bits per heavy atom. The molecule has 6 heterocycles. The van der Waals surface area contributed by atoms with E-state index in [1.165, 1.54) is 0 Å². The van der Waals surface area contributed by atoms with Gasteiger partial charge in [-0.05, 0) is 186 Å². The van der Waals surface area contributed by atoms with E-state index in [4.69, 9.17) is 39.9 Å². The van der Waals surface area contributed by atoms with E-state index in [1.54, 1.807) is 0 Å². The maximum Gasteiger partial charge on any atom is 0.164 e. The van der Waals surface area contributed by atoms with Crippen LogP contribution in [0, 0.1) is 69.2 Å². The first kappa shape index (κ1) is 35.9. The second-order valence-electron chi connectivity index (χ2n) is 16.9. The predicted molar refractivity (Wildman–Crippen MR) is 241 cm³/mol. The number of H-pyrrole nitrogens is 2. The quantitative estimate of drug-likeness (QED) is 0.155. The van der Waals surface area contributed by atoms with Gasteiger partial charge in [0.15, 0.2) is 34.9 Å². The standard InChI is InChI=1S/C50H42N10/c1-21-11-31-32(12-22(21)2)42-51-41(31)56-43-33-13-23(3)24(4)14-34(33)45(52-43)58-47-37-17-27(7)28(8)18-38(37)49(54-47)60-50-40-20-30(10)29(9)19-39(40)48(55-50)59-46-36-16-26(6)25(5)15-35(36)44(53-46)57-42/h11-20H,1-10H3,(H2,51,52,53,54,55,56,57,58,59,60). The molecule has 0 aliphatic carbocycles. The molecule has 3 aliphatic heterocycles. The summed E-state index contributed by atoms with van der Waals surface area (Å²) in [6.07, 6.45) is 0. The average molecular weight is 783 g/mol. The number of fused-ring (bicyclic) bond motifs is 25. The minimum absolute atomic E-state index is 0.557. The largest absolute Gasteiger partial charge is 0.324 e. The molecular weight excluding hydrogens is 741 g/mol. The van der Waals surface area contributed by atoms with Gasteiger partial charge < -0.3 is 9.97 Å². The van der Waals surface area contributed by atoms with Crippen molar-refractivity contribution in [3.05, 3.63) is 116 Å². The van der Waals surface area contributed by atoms with Crippen LogP contribution in [0.25, 0.3) is 112 Å². The predicted octanol–water partition coefficient (Wildman–Crippen LogP) is 11.5. The lowest BCUT2D eigenvalue weighted by molar-refractivity contribution is 1.16. The molecule has 2 N–H and O–H groups in total. The molecule has 5 aromatic carbocycles. The maximum absolute atomic E-state index is 5.30. The molecule has 0 radical (unpaired) electrons. The number of aromatic amines is 2. The van der Waals surface area contributed by atoms with E-state index >= 15 is 0 Å². The summed E-state index contributed by atoms with van der Waals surface area (Å²) >= 11 is 0. The van der Waals surface area contributed by atoms with Gasteiger partial charge in [-0.15, -0.1) is 0 Å². The molecule has 3 aliphatic rings. The van der Waals surface area contributed by atoms with Gasteiger partial charge in [0.25, 0.3) is 0 Å². The van der Waals surface area contributed by atoms with Crippen molar-refractivity contribution >= 4 is 44.1 Å². The van der Waals surface area contributed by atoms with Crippen LogP contribution in [0.5, 0.6) is 0 Å². The van der Waals surface area contributed by atoms with E-state index < -0.39 is 0 Å². The molecule has 10 heteroatoms. The van der Waals surface area contributed by atoms with Gasteiger partial charge in [-0.2, -0.15) is 0 Å². The number of aromatic nitrogens is 10. The zero-order chi connectivity index (χ0) is 41.5. The van der Waals surface area contributed by atoms with E-state index in [-0.39, 0.29) is 0 Å². The maximum atomic E-state index is 5.30. The third kappa shape index (κ3) is 5.40. The van der Waals surface area contributed by atoms with E-state index in [9.17, 15) is 0 Å². The molecule has 0 spiro atoms. The molecule has 0 unspecified atom stereocenters. The van der Waals surface area contributed by atoms with Crippen LogP contribution in [0.15, 0.2) is 60.7 Å². The number of nitrogens with zero attached hydrogens (tertiary/aromatic N) is 8. The zero-order valence-electron chi connectivity index (χ0n) is 35.4. The molecule has 0 saturated carbocycles.